The van der Waals surface area contributed by atoms with Gasteiger partial charge in [0.1, 0.15) is 16.5 Å². The summed E-state index contributed by atoms with van der Waals surface area (Å²) < 4.78 is 45.9. The van der Waals surface area contributed by atoms with E-state index in [0.717, 1.165) is 28.3 Å². The minimum atomic E-state index is -4.19. The Morgan fingerprint density at radius 3 is 2.47 bits per heavy atom. The first-order chi connectivity index (χ1) is 14.2. The van der Waals surface area contributed by atoms with E-state index in [1.54, 1.807) is 7.11 Å². The molecule has 0 aliphatic rings. The molecule has 0 spiro atoms. The number of benzene rings is 2. The summed E-state index contributed by atoms with van der Waals surface area (Å²) in [4.78, 5) is 17.3. The van der Waals surface area contributed by atoms with Crippen molar-refractivity contribution in [1.82, 2.24) is 9.71 Å². The number of nitrogens with zero attached hydrogens (tertiary/aromatic N) is 1. The first-order valence-electron chi connectivity index (χ1n) is 8.91. The summed E-state index contributed by atoms with van der Waals surface area (Å²) in [5, 5.41) is 2.94. The van der Waals surface area contributed by atoms with Crippen LogP contribution >= 0.6 is 11.3 Å². The van der Waals surface area contributed by atoms with Crippen molar-refractivity contribution in [3.63, 3.8) is 0 Å². The van der Waals surface area contributed by atoms with Crippen molar-refractivity contribution >= 4 is 32.4 Å². The Morgan fingerprint density at radius 1 is 1.17 bits per heavy atom. The van der Waals surface area contributed by atoms with E-state index < -0.39 is 32.7 Å². The van der Waals surface area contributed by atoms with Crippen LogP contribution in [0.3, 0.4) is 0 Å². The highest BCUT2D eigenvalue weighted by molar-refractivity contribution is 7.89. The first kappa shape index (κ1) is 21.9. The van der Waals surface area contributed by atoms with Gasteiger partial charge in [0.15, 0.2) is 5.13 Å². The Labute approximate surface area is 178 Å². The van der Waals surface area contributed by atoms with Gasteiger partial charge in [0, 0.05) is 10.4 Å². The molecular formula is C20H20FN3O4S2. The molecule has 1 amide bonds. The second-order valence-electron chi connectivity index (χ2n) is 6.41. The molecule has 2 N–H and O–H groups in total. The molecule has 0 fully saturated rings. The molecular weight excluding hydrogens is 429 g/mol. The van der Waals surface area contributed by atoms with Crippen LogP contribution in [0, 0.1) is 12.7 Å². The third kappa shape index (κ3) is 4.84. The topological polar surface area (TPSA) is 97.4 Å². The van der Waals surface area contributed by atoms with Crippen LogP contribution in [0.1, 0.15) is 11.8 Å². The predicted octanol–water partition coefficient (Wildman–Crippen LogP) is 3.57. The van der Waals surface area contributed by atoms with Gasteiger partial charge in [-0.2, -0.15) is 4.72 Å². The molecule has 30 heavy (non-hydrogen) atoms. The Balaban J connectivity index is 1.72. The van der Waals surface area contributed by atoms with Crippen LogP contribution in [-0.4, -0.2) is 32.5 Å². The van der Waals surface area contributed by atoms with E-state index in [2.05, 4.69) is 15.0 Å². The molecule has 0 saturated heterocycles. The number of nitrogens with one attached hydrogen (secondary N) is 2. The number of methoxy groups -OCH3 is 1. The maximum absolute atomic E-state index is 13.8. The van der Waals surface area contributed by atoms with Gasteiger partial charge in [-0.15, -0.1) is 11.3 Å². The predicted molar refractivity (Wildman–Crippen MR) is 114 cm³/mol. The third-order valence-electron chi connectivity index (χ3n) is 4.24. The average molecular weight is 450 g/mol. The number of ether oxygens (including phenoxy) is 1. The molecule has 3 aromatic rings. The molecule has 3 rings (SSSR count). The SMILES string of the molecule is COc1ccc(-c2nc(NC(=O)[C@H](C)NS(=O)(=O)c3ccccc3F)sc2C)cc1. The van der Waals surface area contributed by atoms with Gasteiger partial charge in [-0.25, -0.2) is 17.8 Å². The second-order valence-corrected chi connectivity index (χ2v) is 9.30. The largest absolute Gasteiger partial charge is 0.497 e. The van der Waals surface area contributed by atoms with Gasteiger partial charge in [0.05, 0.1) is 18.8 Å². The quantitative estimate of drug-likeness (QED) is 0.575. The van der Waals surface area contributed by atoms with Crippen molar-refractivity contribution in [3.05, 3.63) is 59.2 Å². The normalized spacial score (nSPS) is 12.4. The molecule has 0 aliphatic heterocycles. The number of thiazole rings is 1. The first-order valence-corrected chi connectivity index (χ1v) is 11.2. The minimum Gasteiger partial charge on any atom is -0.497 e. The number of carbonyl (C=O) groups is 1. The molecule has 158 valence electrons. The summed E-state index contributed by atoms with van der Waals surface area (Å²) in [5.41, 5.74) is 1.57. The zero-order chi connectivity index (χ0) is 21.9. The average Bonchev–Trinajstić information content (AvgIpc) is 3.07. The van der Waals surface area contributed by atoms with Gasteiger partial charge in [-0.05, 0) is 50.2 Å². The smallest absolute Gasteiger partial charge is 0.244 e. The van der Waals surface area contributed by atoms with Crippen molar-refractivity contribution in [1.29, 1.82) is 0 Å². The Bertz CT molecular complexity index is 1160. The number of hydrogen-bond acceptors (Lipinski definition) is 6. The van der Waals surface area contributed by atoms with Gasteiger partial charge in [0.2, 0.25) is 15.9 Å². The van der Waals surface area contributed by atoms with Crippen LogP contribution in [0.15, 0.2) is 53.4 Å². The maximum Gasteiger partial charge on any atom is 0.244 e. The number of sulfonamides is 1. The molecule has 0 radical (unpaired) electrons. The van der Waals surface area contributed by atoms with E-state index in [9.17, 15) is 17.6 Å². The van der Waals surface area contributed by atoms with Gasteiger partial charge < -0.3 is 10.1 Å². The maximum atomic E-state index is 13.8. The van der Waals surface area contributed by atoms with Crippen LogP contribution < -0.4 is 14.8 Å². The number of hydrogen-bond donors (Lipinski definition) is 2. The molecule has 1 heterocycles. The number of aryl methyl sites for hydroxylation is 1. The van der Waals surface area contributed by atoms with Crippen LogP contribution in [0.2, 0.25) is 0 Å². The lowest BCUT2D eigenvalue weighted by atomic mass is 10.1. The van der Waals surface area contributed by atoms with Crippen molar-refractivity contribution in [3.8, 4) is 17.0 Å². The van der Waals surface area contributed by atoms with Crippen molar-refractivity contribution in [2.24, 2.45) is 0 Å². The summed E-state index contributed by atoms with van der Waals surface area (Å²) in [5.74, 6) is -0.779. The van der Waals surface area contributed by atoms with Crippen LogP contribution in [0.5, 0.6) is 5.75 Å². The summed E-state index contributed by atoms with van der Waals surface area (Å²) in [7, 11) is -2.61. The summed E-state index contributed by atoms with van der Waals surface area (Å²) in [6.07, 6.45) is 0. The van der Waals surface area contributed by atoms with Crippen molar-refractivity contribution in [2.75, 3.05) is 12.4 Å². The van der Waals surface area contributed by atoms with E-state index >= 15 is 0 Å². The van der Waals surface area contributed by atoms with Gasteiger partial charge >= 0.3 is 0 Å². The molecule has 0 unspecified atom stereocenters. The third-order valence-corrected chi connectivity index (χ3v) is 6.70. The molecule has 2 aromatic carbocycles. The van der Waals surface area contributed by atoms with E-state index in [1.807, 2.05) is 31.2 Å². The van der Waals surface area contributed by atoms with Gasteiger partial charge in [0.25, 0.3) is 0 Å². The van der Waals surface area contributed by atoms with E-state index in [-0.39, 0.29) is 0 Å². The van der Waals surface area contributed by atoms with Gasteiger partial charge in [-0.1, -0.05) is 12.1 Å². The molecule has 1 atom stereocenters. The fraction of sp³-hybridized carbons (Fsp3) is 0.200. The second kappa shape index (κ2) is 8.90. The molecule has 0 saturated carbocycles. The zero-order valence-corrected chi connectivity index (χ0v) is 18.1. The van der Waals surface area contributed by atoms with E-state index in [0.29, 0.717) is 10.8 Å². The highest BCUT2D eigenvalue weighted by atomic mass is 32.2. The lowest BCUT2D eigenvalue weighted by molar-refractivity contribution is -0.117. The molecule has 7 nitrogen and oxygen atoms in total. The molecule has 0 aliphatic carbocycles. The number of rotatable bonds is 7. The van der Waals surface area contributed by atoms with Crippen molar-refractivity contribution in [2.45, 2.75) is 24.8 Å². The summed E-state index contributed by atoms with van der Waals surface area (Å²) in [6, 6.07) is 11.2. The van der Waals surface area contributed by atoms with Crippen LogP contribution in [0.25, 0.3) is 11.3 Å². The summed E-state index contributed by atoms with van der Waals surface area (Å²) in [6.45, 7) is 3.25. The fourth-order valence-electron chi connectivity index (χ4n) is 2.69. The highest BCUT2D eigenvalue weighted by Gasteiger charge is 2.25. The highest BCUT2D eigenvalue weighted by Crippen LogP contribution is 2.31. The Kier molecular flexibility index (Phi) is 6.49. The monoisotopic (exact) mass is 449 g/mol. The Morgan fingerprint density at radius 2 is 1.83 bits per heavy atom. The minimum absolute atomic E-state index is 0.334. The van der Waals surface area contributed by atoms with E-state index in [1.165, 1.54) is 30.4 Å². The summed E-state index contributed by atoms with van der Waals surface area (Å²) >= 11 is 1.27. The van der Waals surface area contributed by atoms with Crippen LogP contribution in [0.4, 0.5) is 9.52 Å². The number of anilines is 1. The lowest BCUT2D eigenvalue weighted by Gasteiger charge is -2.13. The molecule has 0 bridgehead atoms. The number of amides is 1. The number of carbonyl (C=O) groups excluding carboxylic acids is 1. The van der Waals surface area contributed by atoms with Crippen molar-refractivity contribution < 1.29 is 22.3 Å². The fourth-order valence-corrected chi connectivity index (χ4v) is 4.81. The molecule has 10 heteroatoms. The van der Waals surface area contributed by atoms with Gasteiger partial charge in [-0.3, -0.25) is 4.79 Å². The lowest BCUT2D eigenvalue weighted by Crippen LogP contribution is -2.41. The standard InChI is InChI=1S/C20H20FN3O4S2/c1-12(24-30(26,27)17-7-5-4-6-16(17)21)19(25)23-20-22-18(13(2)29-20)14-8-10-15(28-3)11-9-14/h4-12,24H,1-3H3,(H,22,23,25)/t12-/m0/s1. The molecule has 1 aromatic heterocycles. The van der Waals surface area contributed by atoms with E-state index in [4.69, 9.17) is 4.74 Å². The number of aromatic nitrogens is 1. The Hall–Kier alpha value is -2.82. The zero-order valence-electron chi connectivity index (χ0n) is 16.5. The number of halogens is 1. The van der Waals surface area contributed by atoms with Crippen LogP contribution in [-0.2, 0) is 14.8 Å².